The van der Waals surface area contributed by atoms with Crippen molar-refractivity contribution in [1.29, 1.82) is 0 Å². The minimum Gasteiger partial charge on any atom is -0.420 e. The van der Waals surface area contributed by atoms with Gasteiger partial charge in [0.1, 0.15) is 0 Å². The summed E-state index contributed by atoms with van der Waals surface area (Å²) in [6.07, 6.45) is 0. The molecule has 0 aromatic carbocycles. The van der Waals surface area contributed by atoms with Crippen molar-refractivity contribution >= 4 is 24.5 Å². The van der Waals surface area contributed by atoms with Gasteiger partial charge >= 0.3 is 8.80 Å². The highest BCUT2D eigenvalue weighted by Crippen LogP contribution is 2.25. The average molecular weight is 269 g/mol. The lowest BCUT2D eigenvalue weighted by molar-refractivity contribution is 0.167. The van der Waals surface area contributed by atoms with Crippen molar-refractivity contribution in [3.63, 3.8) is 0 Å². The SMILES string of the molecule is CO[Si](C)(OC)O[Si](C)(C)[Si](C)(C)OC. The van der Waals surface area contributed by atoms with Crippen molar-refractivity contribution in [2.24, 2.45) is 0 Å². The molecule has 0 aromatic rings. The Hall–Kier alpha value is 0.491. The van der Waals surface area contributed by atoms with Crippen molar-refractivity contribution in [2.45, 2.75) is 32.7 Å². The summed E-state index contributed by atoms with van der Waals surface area (Å²) in [6.45, 7) is 10.6. The van der Waals surface area contributed by atoms with E-state index in [1.165, 1.54) is 0 Å². The van der Waals surface area contributed by atoms with Crippen molar-refractivity contribution in [2.75, 3.05) is 21.3 Å². The maximum atomic E-state index is 6.15. The molecule has 0 fully saturated rings. The number of hydrogen-bond acceptors (Lipinski definition) is 4. The number of rotatable bonds is 6. The summed E-state index contributed by atoms with van der Waals surface area (Å²) >= 11 is 0. The van der Waals surface area contributed by atoms with E-state index in [1.807, 2.05) is 6.55 Å². The summed E-state index contributed by atoms with van der Waals surface area (Å²) < 4.78 is 22.5. The lowest BCUT2D eigenvalue weighted by atomic mass is 11.8. The van der Waals surface area contributed by atoms with Crippen LogP contribution in [0.2, 0.25) is 32.7 Å². The lowest BCUT2D eigenvalue weighted by Gasteiger charge is -2.40. The predicted octanol–water partition coefficient (Wildman–Crippen LogP) is 2.00. The van der Waals surface area contributed by atoms with Gasteiger partial charge in [-0.2, -0.15) is 0 Å². The van der Waals surface area contributed by atoms with Crippen LogP contribution < -0.4 is 0 Å². The van der Waals surface area contributed by atoms with Gasteiger partial charge in [-0.05, 0) is 26.2 Å². The van der Waals surface area contributed by atoms with Crippen LogP contribution in [0.25, 0.3) is 0 Å². The molecule has 15 heavy (non-hydrogen) atoms. The largest absolute Gasteiger partial charge is 0.486 e. The molecule has 0 bridgehead atoms. The van der Waals surface area contributed by atoms with E-state index in [-0.39, 0.29) is 0 Å². The molecule has 0 spiro atoms. The van der Waals surface area contributed by atoms with Gasteiger partial charge in [-0.25, -0.2) is 0 Å². The second-order valence-corrected chi connectivity index (χ2v) is 21.6. The molecule has 0 aliphatic heterocycles. The summed E-state index contributed by atoms with van der Waals surface area (Å²) in [5, 5.41) is 0. The average Bonchev–Trinajstić information content (AvgIpc) is 2.16. The molecule has 7 heteroatoms. The molecular formula is C8H24O4Si3. The van der Waals surface area contributed by atoms with Gasteiger partial charge < -0.3 is 17.4 Å². The van der Waals surface area contributed by atoms with E-state index in [1.54, 1.807) is 21.3 Å². The fourth-order valence-electron chi connectivity index (χ4n) is 0.999. The maximum Gasteiger partial charge on any atom is 0.486 e. The van der Waals surface area contributed by atoms with Gasteiger partial charge in [0, 0.05) is 27.9 Å². The van der Waals surface area contributed by atoms with Gasteiger partial charge in [0.15, 0.2) is 7.83 Å². The normalized spacial score (nSPS) is 14.4. The minimum absolute atomic E-state index is 1.64. The van der Waals surface area contributed by atoms with E-state index in [0.29, 0.717) is 0 Å². The molecule has 0 saturated heterocycles. The quantitative estimate of drug-likeness (QED) is 0.691. The van der Waals surface area contributed by atoms with Gasteiger partial charge in [-0.3, -0.25) is 0 Å². The predicted molar refractivity (Wildman–Crippen MR) is 68.7 cm³/mol. The van der Waals surface area contributed by atoms with E-state index in [4.69, 9.17) is 17.4 Å². The summed E-state index contributed by atoms with van der Waals surface area (Å²) in [5.74, 6) is 0. The highest BCUT2D eigenvalue weighted by atomic mass is 29.3. The Morgan fingerprint density at radius 3 is 1.27 bits per heavy atom. The van der Waals surface area contributed by atoms with Gasteiger partial charge in [-0.15, -0.1) is 0 Å². The third kappa shape index (κ3) is 3.77. The van der Waals surface area contributed by atoms with Gasteiger partial charge in [0.25, 0.3) is 0 Å². The molecule has 0 radical (unpaired) electrons. The van der Waals surface area contributed by atoms with Gasteiger partial charge in [-0.1, -0.05) is 0 Å². The monoisotopic (exact) mass is 268 g/mol. The molecule has 0 heterocycles. The topological polar surface area (TPSA) is 36.9 Å². The van der Waals surface area contributed by atoms with Gasteiger partial charge in [0.05, 0.1) is 0 Å². The van der Waals surface area contributed by atoms with Crippen molar-refractivity contribution in [3.05, 3.63) is 0 Å². The van der Waals surface area contributed by atoms with Crippen LogP contribution in [0, 0.1) is 0 Å². The molecule has 0 aliphatic rings. The molecule has 0 atom stereocenters. The molecule has 0 saturated carbocycles. The molecule has 0 unspecified atom stereocenters. The smallest absolute Gasteiger partial charge is 0.420 e. The van der Waals surface area contributed by atoms with Gasteiger partial charge in [0.2, 0.25) is 7.83 Å². The van der Waals surface area contributed by atoms with E-state index >= 15 is 0 Å². The first kappa shape index (κ1) is 15.5. The summed E-state index contributed by atoms with van der Waals surface area (Å²) in [6, 6.07) is 0. The molecule has 0 N–H and O–H groups in total. The van der Waals surface area contributed by atoms with Crippen molar-refractivity contribution < 1.29 is 17.4 Å². The molecular weight excluding hydrogens is 244 g/mol. The summed E-state index contributed by atoms with van der Waals surface area (Å²) in [4.78, 5) is 0. The van der Waals surface area contributed by atoms with Crippen LogP contribution >= 0.6 is 0 Å². The fraction of sp³-hybridized carbons (Fsp3) is 1.00. The second kappa shape index (κ2) is 5.21. The molecule has 4 nitrogen and oxygen atoms in total. The molecule has 92 valence electrons. The zero-order chi connectivity index (χ0) is 12.3. The summed E-state index contributed by atoms with van der Waals surface area (Å²) in [5.41, 5.74) is 0. The number of hydrogen-bond donors (Lipinski definition) is 0. The highest BCUT2D eigenvalue weighted by Gasteiger charge is 2.50. The fourth-order valence-corrected chi connectivity index (χ4v) is 12.4. The van der Waals surface area contributed by atoms with Crippen LogP contribution in [0.5, 0.6) is 0 Å². The van der Waals surface area contributed by atoms with Crippen LogP contribution in [0.15, 0.2) is 0 Å². The standard InChI is InChI=1S/C8H24O4Si3/c1-9-13(4,5)14(6,7)12-15(8,10-2)11-3/h1-8H3. The third-order valence-electron chi connectivity index (χ3n) is 3.14. The molecule has 0 amide bonds. The van der Waals surface area contributed by atoms with Crippen molar-refractivity contribution in [3.8, 4) is 0 Å². The van der Waals surface area contributed by atoms with Crippen LogP contribution in [0.3, 0.4) is 0 Å². The van der Waals surface area contributed by atoms with E-state index in [9.17, 15) is 0 Å². The minimum atomic E-state index is -2.44. The zero-order valence-corrected chi connectivity index (χ0v) is 14.1. The Balaban J connectivity index is 4.76. The van der Waals surface area contributed by atoms with Crippen molar-refractivity contribution in [1.82, 2.24) is 0 Å². The Kier molecular flexibility index (Phi) is 5.38. The second-order valence-electron chi connectivity index (χ2n) is 4.60. The Morgan fingerprint density at radius 2 is 1.00 bits per heavy atom. The van der Waals surface area contributed by atoms with E-state index in [0.717, 1.165) is 0 Å². The first-order valence-electron chi connectivity index (χ1n) is 5.00. The maximum absolute atomic E-state index is 6.15. The molecule has 0 aromatic heterocycles. The van der Waals surface area contributed by atoms with E-state index < -0.39 is 24.5 Å². The van der Waals surface area contributed by atoms with Crippen LogP contribution in [0.1, 0.15) is 0 Å². The van der Waals surface area contributed by atoms with Crippen LogP contribution in [0.4, 0.5) is 0 Å². The third-order valence-corrected chi connectivity index (χ3v) is 22.3. The molecule has 0 rings (SSSR count). The summed E-state index contributed by atoms with van der Waals surface area (Å²) in [7, 11) is -1.03. The van der Waals surface area contributed by atoms with E-state index in [2.05, 4.69) is 26.2 Å². The van der Waals surface area contributed by atoms with Crippen LogP contribution in [-0.2, 0) is 17.4 Å². The Labute approximate surface area is 96.3 Å². The van der Waals surface area contributed by atoms with Crippen LogP contribution in [-0.4, -0.2) is 45.8 Å². The highest BCUT2D eigenvalue weighted by molar-refractivity contribution is 7.36. The Morgan fingerprint density at radius 1 is 0.600 bits per heavy atom. The Bertz CT molecular complexity index is 204. The first-order valence-corrected chi connectivity index (χ1v) is 14.0. The lowest BCUT2D eigenvalue weighted by Crippen LogP contribution is -2.64. The zero-order valence-electron chi connectivity index (χ0n) is 11.1. The first-order chi connectivity index (χ1) is 6.64. The molecule has 0 aliphatic carbocycles.